The molecule has 1 aromatic carbocycles. The van der Waals surface area contributed by atoms with Crippen LogP contribution in [-0.4, -0.2) is 34.8 Å². The van der Waals surface area contributed by atoms with E-state index in [9.17, 15) is 18.7 Å². The summed E-state index contributed by atoms with van der Waals surface area (Å²) in [5, 5.41) is 9.17. The second-order valence-electron chi connectivity index (χ2n) is 7.47. The van der Waals surface area contributed by atoms with E-state index < -0.39 is 28.7 Å². The van der Waals surface area contributed by atoms with Gasteiger partial charge in [0.05, 0.1) is 6.54 Å². The highest BCUT2D eigenvalue weighted by Crippen LogP contribution is 2.30. The van der Waals surface area contributed by atoms with Crippen LogP contribution in [0.1, 0.15) is 47.1 Å². The highest BCUT2D eigenvalue weighted by molar-refractivity contribution is 5.65. The SMILES string of the molecule is CC(C)(C)c1c(F)cc(OCCN(C(=O)O)C(C)(C)C)cc1F. The van der Waals surface area contributed by atoms with E-state index in [1.165, 1.54) is 4.90 Å². The summed E-state index contributed by atoms with van der Waals surface area (Å²) in [5.74, 6) is -1.29. The molecule has 1 N–H and O–H groups in total. The lowest BCUT2D eigenvalue weighted by Crippen LogP contribution is -2.46. The van der Waals surface area contributed by atoms with Gasteiger partial charge in [0, 0.05) is 23.2 Å². The first-order chi connectivity index (χ1) is 10.3. The molecule has 0 saturated carbocycles. The first-order valence-corrected chi connectivity index (χ1v) is 7.47. The number of amides is 1. The number of rotatable bonds is 4. The van der Waals surface area contributed by atoms with Crippen LogP contribution in [0.4, 0.5) is 13.6 Å². The largest absolute Gasteiger partial charge is 0.492 e. The maximum atomic E-state index is 14.1. The van der Waals surface area contributed by atoms with Gasteiger partial charge in [-0.25, -0.2) is 13.6 Å². The standard InChI is InChI=1S/C17H25F2NO3/c1-16(2,3)14-12(18)9-11(10-13(14)19)23-8-7-20(15(21)22)17(4,5)6/h9-10H,7-8H2,1-6H3,(H,21,22). The van der Waals surface area contributed by atoms with E-state index in [4.69, 9.17) is 4.74 Å². The Morgan fingerprint density at radius 2 is 1.61 bits per heavy atom. The predicted molar refractivity (Wildman–Crippen MR) is 85.0 cm³/mol. The van der Waals surface area contributed by atoms with Crippen LogP contribution in [0, 0.1) is 11.6 Å². The van der Waals surface area contributed by atoms with Gasteiger partial charge in [-0.15, -0.1) is 0 Å². The lowest BCUT2D eigenvalue weighted by molar-refractivity contribution is 0.0891. The molecular formula is C17H25F2NO3. The minimum Gasteiger partial charge on any atom is -0.492 e. The molecule has 0 spiro atoms. The molecule has 0 atom stereocenters. The van der Waals surface area contributed by atoms with E-state index in [-0.39, 0.29) is 24.5 Å². The van der Waals surface area contributed by atoms with Gasteiger partial charge < -0.3 is 14.7 Å². The van der Waals surface area contributed by atoms with Crippen LogP contribution in [0.25, 0.3) is 0 Å². The van der Waals surface area contributed by atoms with Gasteiger partial charge in [0.25, 0.3) is 0 Å². The molecule has 0 aliphatic carbocycles. The lowest BCUT2D eigenvalue weighted by atomic mass is 9.86. The molecule has 0 radical (unpaired) electrons. The lowest BCUT2D eigenvalue weighted by Gasteiger charge is -2.33. The average molecular weight is 329 g/mol. The molecule has 0 bridgehead atoms. The van der Waals surface area contributed by atoms with Crippen molar-refractivity contribution in [2.24, 2.45) is 0 Å². The molecule has 1 amide bonds. The molecule has 6 heteroatoms. The Labute approximate surface area is 136 Å². The fraction of sp³-hybridized carbons (Fsp3) is 0.588. The van der Waals surface area contributed by atoms with Crippen LogP contribution in [0.3, 0.4) is 0 Å². The maximum absolute atomic E-state index is 14.1. The highest BCUT2D eigenvalue weighted by atomic mass is 19.1. The number of carbonyl (C=O) groups is 1. The number of nitrogens with zero attached hydrogens (tertiary/aromatic N) is 1. The molecule has 4 nitrogen and oxygen atoms in total. The van der Waals surface area contributed by atoms with E-state index in [1.807, 2.05) is 0 Å². The average Bonchev–Trinajstić information content (AvgIpc) is 2.29. The van der Waals surface area contributed by atoms with Gasteiger partial charge in [-0.05, 0) is 26.2 Å². The zero-order valence-corrected chi connectivity index (χ0v) is 14.5. The van der Waals surface area contributed by atoms with E-state index in [0.29, 0.717) is 0 Å². The summed E-state index contributed by atoms with van der Waals surface area (Å²) in [4.78, 5) is 12.4. The molecular weight excluding hydrogens is 304 g/mol. The number of hydrogen-bond donors (Lipinski definition) is 1. The second kappa shape index (κ2) is 6.72. The summed E-state index contributed by atoms with van der Waals surface area (Å²) in [7, 11) is 0. The fourth-order valence-corrected chi connectivity index (χ4v) is 2.32. The minimum atomic E-state index is -1.07. The van der Waals surface area contributed by atoms with Gasteiger partial charge in [0.1, 0.15) is 24.0 Å². The molecule has 0 fully saturated rings. The van der Waals surface area contributed by atoms with Crippen molar-refractivity contribution >= 4 is 6.09 Å². The Morgan fingerprint density at radius 3 is 1.96 bits per heavy atom. The topological polar surface area (TPSA) is 49.8 Å². The number of halogens is 2. The third kappa shape index (κ3) is 5.08. The summed E-state index contributed by atoms with van der Waals surface area (Å²) in [6.45, 7) is 10.6. The molecule has 0 aromatic heterocycles. The zero-order chi connectivity index (χ0) is 18.0. The smallest absolute Gasteiger partial charge is 0.407 e. The molecule has 1 aromatic rings. The third-order valence-corrected chi connectivity index (χ3v) is 3.39. The molecule has 1 rings (SSSR count). The molecule has 0 saturated heterocycles. The first-order valence-electron chi connectivity index (χ1n) is 7.47. The van der Waals surface area contributed by atoms with Gasteiger partial charge in [-0.2, -0.15) is 0 Å². The Hall–Kier alpha value is -1.85. The van der Waals surface area contributed by atoms with E-state index in [2.05, 4.69) is 0 Å². The summed E-state index contributed by atoms with van der Waals surface area (Å²) in [5.41, 5.74) is -1.23. The molecule has 0 heterocycles. The molecule has 0 aliphatic rings. The number of hydrogen-bond acceptors (Lipinski definition) is 2. The van der Waals surface area contributed by atoms with Crippen molar-refractivity contribution in [3.8, 4) is 5.75 Å². The van der Waals surface area contributed by atoms with E-state index in [0.717, 1.165) is 12.1 Å². The number of benzene rings is 1. The molecule has 0 unspecified atom stereocenters. The summed E-state index contributed by atoms with van der Waals surface area (Å²) >= 11 is 0. The third-order valence-electron chi connectivity index (χ3n) is 3.39. The van der Waals surface area contributed by atoms with Crippen molar-refractivity contribution in [3.63, 3.8) is 0 Å². The monoisotopic (exact) mass is 329 g/mol. The fourth-order valence-electron chi connectivity index (χ4n) is 2.32. The van der Waals surface area contributed by atoms with Gasteiger partial charge in [-0.1, -0.05) is 20.8 Å². The van der Waals surface area contributed by atoms with Crippen molar-refractivity contribution in [1.82, 2.24) is 4.90 Å². The van der Waals surface area contributed by atoms with E-state index >= 15 is 0 Å². The van der Waals surface area contributed by atoms with Crippen molar-refractivity contribution in [2.75, 3.05) is 13.2 Å². The Bertz CT molecular complexity index is 551. The Balaban J connectivity index is 2.82. The zero-order valence-electron chi connectivity index (χ0n) is 14.5. The van der Waals surface area contributed by atoms with Crippen LogP contribution < -0.4 is 4.74 Å². The molecule has 130 valence electrons. The predicted octanol–water partition coefficient (Wildman–Crippen LogP) is 4.42. The van der Waals surface area contributed by atoms with Gasteiger partial charge in [0.2, 0.25) is 0 Å². The van der Waals surface area contributed by atoms with Crippen LogP contribution in [0.15, 0.2) is 12.1 Å². The summed E-state index contributed by atoms with van der Waals surface area (Å²) in [6.07, 6.45) is -1.07. The number of ether oxygens (including phenoxy) is 1. The highest BCUT2D eigenvalue weighted by Gasteiger charge is 2.26. The first kappa shape index (κ1) is 19.2. The quantitative estimate of drug-likeness (QED) is 0.889. The molecule has 0 aliphatic heterocycles. The van der Waals surface area contributed by atoms with Crippen molar-refractivity contribution < 1.29 is 23.4 Å². The summed E-state index contributed by atoms with van der Waals surface area (Å²) in [6, 6.07) is 2.26. The molecule has 23 heavy (non-hydrogen) atoms. The van der Waals surface area contributed by atoms with Gasteiger partial charge in [-0.3, -0.25) is 0 Å². The summed E-state index contributed by atoms with van der Waals surface area (Å²) < 4.78 is 33.5. The van der Waals surface area contributed by atoms with E-state index in [1.54, 1.807) is 41.5 Å². The minimum absolute atomic E-state index is 0.00621. The van der Waals surface area contributed by atoms with Gasteiger partial charge >= 0.3 is 6.09 Å². The van der Waals surface area contributed by atoms with Gasteiger partial charge in [0.15, 0.2) is 0 Å². The Morgan fingerprint density at radius 1 is 1.13 bits per heavy atom. The maximum Gasteiger partial charge on any atom is 0.407 e. The van der Waals surface area contributed by atoms with Crippen LogP contribution in [0.5, 0.6) is 5.75 Å². The second-order valence-corrected chi connectivity index (χ2v) is 7.47. The van der Waals surface area contributed by atoms with Crippen molar-refractivity contribution in [3.05, 3.63) is 29.3 Å². The van der Waals surface area contributed by atoms with Crippen molar-refractivity contribution in [2.45, 2.75) is 52.5 Å². The van der Waals surface area contributed by atoms with Crippen LogP contribution in [-0.2, 0) is 5.41 Å². The number of carboxylic acid groups (broad SMARTS) is 1. The Kier molecular flexibility index (Phi) is 5.61. The van der Waals surface area contributed by atoms with Crippen LogP contribution >= 0.6 is 0 Å². The van der Waals surface area contributed by atoms with Crippen LogP contribution in [0.2, 0.25) is 0 Å². The normalized spacial score (nSPS) is 12.2. The van der Waals surface area contributed by atoms with Crippen molar-refractivity contribution in [1.29, 1.82) is 0 Å².